The number of carbonyl (C=O) groups excluding carboxylic acids is 1. The Hall–Kier alpha value is -1.36. The van der Waals surface area contributed by atoms with Gasteiger partial charge in [0.25, 0.3) is 5.91 Å². The molecule has 1 amide bonds. The molecule has 1 aliphatic rings. The van der Waals surface area contributed by atoms with Crippen molar-refractivity contribution in [3.63, 3.8) is 0 Å². The Morgan fingerprint density at radius 1 is 1.29 bits per heavy atom. The Morgan fingerprint density at radius 3 is 2.81 bits per heavy atom. The molecular weight excluding hydrogens is 354 g/mol. The number of fused-ring (bicyclic) bond motifs is 1. The van der Waals surface area contributed by atoms with Crippen LogP contribution >= 0.6 is 27.5 Å². The molecule has 3 rings (SSSR count). The molecule has 3 nitrogen and oxygen atoms in total. The van der Waals surface area contributed by atoms with Gasteiger partial charge in [-0.1, -0.05) is 39.7 Å². The van der Waals surface area contributed by atoms with E-state index in [2.05, 4.69) is 15.9 Å². The van der Waals surface area contributed by atoms with Gasteiger partial charge < -0.3 is 10.0 Å². The molecule has 0 spiro atoms. The zero-order valence-corrected chi connectivity index (χ0v) is 13.4. The van der Waals surface area contributed by atoms with Gasteiger partial charge in [0, 0.05) is 21.6 Å². The second kappa shape index (κ2) is 5.79. The van der Waals surface area contributed by atoms with E-state index in [1.807, 2.05) is 30.3 Å². The lowest BCUT2D eigenvalue weighted by molar-refractivity contribution is 0.0615. The number of aliphatic hydroxyl groups excluding tert-OH is 1. The Kier molecular flexibility index (Phi) is 4.02. The van der Waals surface area contributed by atoms with E-state index < -0.39 is 0 Å². The third-order valence-corrected chi connectivity index (χ3v) is 4.41. The number of benzene rings is 2. The number of rotatable bonds is 3. The predicted octanol–water partition coefficient (Wildman–Crippen LogP) is 3.79. The summed E-state index contributed by atoms with van der Waals surface area (Å²) < 4.78 is 0.944. The monoisotopic (exact) mass is 365 g/mol. The van der Waals surface area contributed by atoms with Crippen LogP contribution in [-0.2, 0) is 6.54 Å². The summed E-state index contributed by atoms with van der Waals surface area (Å²) in [6.45, 7) is 0.354. The van der Waals surface area contributed by atoms with E-state index in [4.69, 9.17) is 11.6 Å². The molecule has 2 aromatic rings. The van der Waals surface area contributed by atoms with Crippen LogP contribution in [0, 0.1) is 0 Å². The fourth-order valence-electron chi connectivity index (χ4n) is 2.66. The molecule has 0 bridgehead atoms. The summed E-state index contributed by atoms with van der Waals surface area (Å²) in [4.78, 5) is 14.2. The van der Waals surface area contributed by atoms with Crippen LogP contribution in [0.25, 0.3) is 0 Å². The molecule has 5 heteroatoms. The number of hydrogen-bond donors (Lipinski definition) is 1. The van der Waals surface area contributed by atoms with Crippen molar-refractivity contribution in [3.05, 3.63) is 68.7 Å². The molecule has 0 aromatic heterocycles. The van der Waals surface area contributed by atoms with Gasteiger partial charge in [-0.15, -0.1) is 0 Å². The molecule has 0 fully saturated rings. The summed E-state index contributed by atoms with van der Waals surface area (Å²) in [5.41, 5.74) is 2.50. The molecule has 1 N–H and O–H groups in total. The lowest BCUT2D eigenvalue weighted by Gasteiger charge is -2.26. The van der Waals surface area contributed by atoms with Crippen molar-refractivity contribution in [3.8, 4) is 0 Å². The summed E-state index contributed by atoms with van der Waals surface area (Å²) in [5.74, 6) is -0.0588. The minimum atomic E-state index is -0.387. The highest BCUT2D eigenvalue weighted by atomic mass is 79.9. The average molecular weight is 367 g/mol. The van der Waals surface area contributed by atoms with Gasteiger partial charge in [-0.25, -0.2) is 0 Å². The van der Waals surface area contributed by atoms with Crippen molar-refractivity contribution in [2.75, 3.05) is 6.61 Å². The van der Waals surface area contributed by atoms with Crippen LogP contribution in [0.15, 0.2) is 46.9 Å². The van der Waals surface area contributed by atoms with E-state index in [1.165, 1.54) is 0 Å². The van der Waals surface area contributed by atoms with E-state index in [0.717, 1.165) is 15.6 Å². The molecule has 0 saturated heterocycles. The molecule has 21 heavy (non-hydrogen) atoms. The maximum Gasteiger partial charge on any atom is 0.255 e. The summed E-state index contributed by atoms with van der Waals surface area (Å²) in [5, 5.41) is 10.3. The van der Waals surface area contributed by atoms with Crippen LogP contribution < -0.4 is 0 Å². The molecule has 2 aromatic carbocycles. The fraction of sp³-hybridized carbons (Fsp3) is 0.188. The van der Waals surface area contributed by atoms with E-state index in [1.54, 1.807) is 17.0 Å². The first-order valence-corrected chi connectivity index (χ1v) is 7.73. The fourth-order valence-corrected chi connectivity index (χ4v) is 3.27. The van der Waals surface area contributed by atoms with Gasteiger partial charge in [-0.05, 0) is 41.5 Å². The quantitative estimate of drug-likeness (QED) is 0.898. The largest absolute Gasteiger partial charge is 0.394 e. The lowest BCUT2D eigenvalue weighted by Crippen LogP contribution is -2.31. The van der Waals surface area contributed by atoms with Crippen LogP contribution in [0.3, 0.4) is 0 Å². The minimum Gasteiger partial charge on any atom is -0.394 e. The lowest BCUT2D eigenvalue weighted by atomic mass is 10.1. The number of nitrogens with zero attached hydrogens (tertiary/aromatic N) is 1. The van der Waals surface area contributed by atoms with Crippen LogP contribution in [0.4, 0.5) is 0 Å². The summed E-state index contributed by atoms with van der Waals surface area (Å²) in [6.07, 6.45) is 0. The van der Waals surface area contributed by atoms with E-state index in [-0.39, 0.29) is 18.6 Å². The Bertz CT molecular complexity index is 704. The van der Waals surface area contributed by atoms with Crippen LogP contribution in [0.5, 0.6) is 0 Å². The molecule has 0 saturated carbocycles. The molecular formula is C16H13BrClNO2. The van der Waals surface area contributed by atoms with Crippen LogP contribution in [0.2, 0.25) is 5.02 Å². The summed E-state index contributed by atoms with van der Waals surface area (Å²) in [6, 6.07) is 12.5. The van der Waals surface area contributed by atoms with Gasteiger partial charge in [0.2, 0.25) is 0 Å². The van der Waals surface area contributed by atoms with Gasteiger partial charge in [0.15, 0.2) is 0 Å². The average Bonchev–Trinajstić information content (AvgIpc) is 2.76. The number of hydrogen-bond acceptors (Lipinski definition) is 2. The Labute approximate surface area is 136 Å². The Morgan fingerprint density at radius 2 is 2.10 bits per heavy atom. The first-order chi connectivity index (χ1) is 10.1. The molecule has 1 heterocycles. The number of aliphatic hydroxyl groups is 1. The smallest absolute Gasteiger partial charge is 0.255 e. The SMILES string of the molecule is O=C1c2ccc(Br)cc2CN1C(CO)c1cccc(Cl)c1. The molecule has 1 atom stereocenters. The normalized spacial score (nSPS) is 15.2. The zero-order chi connectivity index (χ0) is 15.0. The standard InChI is InChI=1S/C16H13BrClNO2/c17-12-4-5-14-11(6-12)8-19(16(14)21)15(9-20)10-2-1-3-13(18)7-10/h1-7,15,20H,8-9H2. The van der Waals surface area contributed by atoms with Gasteiger partial charge in [-0.2, -0.15) is 0 Å². The second-order valence-electron chi connectivity index (χ2n) is 4.99. The number of amides is 1. The molecule has 0 aliphatic carbocycles. The minimum absolute atomic E-state index is 0.0588. The first kappa shape index (κ1) is 14.6. The van der Waals surface area contributed by atoms with Crippen molar-refractivity contribution in [2.24, 2.45) is 0 Å². The van der Waals surface area contributed by atoms with Crippen molar-refractivity contribution in [2.45, 2.75) is 12.6 Å². The van der Waals surface area contributed by atoms with Crippen molar-refractivity contribution >= 4 is 33.4 Å². The molecule has 1 aliphatic heterocycles. The maximum absolute atomic E-state index is 12.5. The summed E-state index contributed by atoms with van der Waals surface area (Å²) >= 11 is 9.42. The van der Waals surface area contributed by atoms with Crippen molar-refractivity contribution < 1.29 is 9.90 Å². The number of carbonyl (C=O) groups is 1. The van der Waals surface area contributed by atoms with E-state index in [0.29, 0.717) is 17.1 Å². The molecule has 1 unspecified atom stereocenters. The van der Waals surface area contributed by atoms with Crippen LogP contribution in [0.1, 0.15) is 27.5 Å². The highest BCUT2D eigenvalue weighted by Crippen LogP contribution is 2.33. The molecule has 0 radical (unpaired) electrons. The van der Waals surface area contributed by atoms with Crippen molar-refractivity contribution in [1.29, 1.82) is 0 Å². The topological polar surface area (TPSA) is 40.5 Å². The van der Waals surface area contributed by atoms with Crippen LogP contribution in [-0.4, -0.2) is 22.5 Å². The third kappa shape index (κ3) is 2.71. The highest BCUT2D eigenvalue weighted by Gasteiger charge is 2.33. The Balaban J connectivity index is 1.95. The van der Waals surface area contributed by atoms with E-state index >= 15 is 0 Å². The zero-order valence-electron chi connectivity index (χ0n) is 11.1. The van der Waals surface area contributed by atoms with E-state index in [9.17, 15) is 9.90 Å². The van der Waals surface area contributed by atoms with Crippen molar-refractivity contribution in [1.82, 2.24) is 4.90 Å². The maximum atomic E-state index is 12.5. The van der Waals surface area contributed by atoms with Gasteiger partial charge in [0.1, 0.15) is 0 Å². The predicted molar refractivity (Wildman–Crippen MR) is 85.3 cm³/mol. The van der Waals surface area contributed by atoms with Gasteiger partial charge in [0.05, 0.1) is 12.6 Å². The van der Waals surface area contributed by atoms with Gasteiger partial charge >= 0.3 is 0 Å². The summed E-state index contributed by atoms with van der Waals surface area (Å²) in [7, 11) is 0. The number of halogens is 2. The molecule has 108 valence electrons. The second-order valence-corrected chi connectivity index (χ2v) is 6.34. The van der Waals surface area contributed by atoms with Gasteiger partial charge in [-0.3, -0.25) is 4.79 Å². The highest BCUT2D eigenvalue weighted by molar-refractivity contribution is 9.10. The third-order valence-electron chi connectivity index (χ3n) is 3.68. The first-order valence-electron chi connectivity index (χ1n) is 6.56.